The van der Waals surface area contributed by atoms with Gasteiger partial charge in [-0.2, -0.15) is 0 Å². The van der Waals surface area contributed by atoms with Gasteiger partial charge in [0.15, 0.2) is 0 Å². The van der Waals surface area contributed by atoms with Gasteiger partial charge in [0.2, 0.25) is 0 Å². The van der Waals surface area contributed by atoms with Crippen molar-refractivity contribution in [3.8, 4) is 9.88 Å². The smallest absolute Gasteiger partial charge is 0.270 e. The van der Waals surface area contributed by atoms with Crippen LogP contribution in [0.2, 0.25) is 0 Å². The number of carbonyl (C=O) groups is 1. The fraction of sp³-hybridized carbons (Fsp3) is 0.429. The molecular formula is C14H17BrClN3OS2. The molecule has 0 radical (unpaired) electrons. The Morgan fingerprint density at radius 2 is 2.36 bits per heavy atom. The van der Waals surface area contributed by atoms with Crippen LogP contribution in [0.4, 0.5) is 0 Å². The van der Waals surface area contributed by atoms with Crippen LogP contribution < -0.4 is 10.6 Å². The standard InChI is InChI=1S/C14H16BrN3OS2.ClH/c15-12-2-1-11(21-12)14-18-10(8-20-14)13(19)17-6-4-9-3-5-16-7-9;/h1-2,8-9,16H,3-7H2,(H,17,19);1H. The van der Waals surface area contributed by atoms with E-state index in [-0.39, 0.29) is 18.3 Å². The summed E-state index contributed by atoms with van der Waals surface area (Å²) < 4.78 is 1.07. The molecule has 1 saturated heterocycles. The Hall–Kier alpha value is -0.470. The van der Waals surface area contributed by atoms with Crippen molar-refractivity contribution in [3.63, 3.8) is 0 Å². The van der Waals surface area contributed by atoms with Crippen molar-refractivity contribution in [1.29, 1.82) is 0 Å². The molecule has 0 bridgehead atoms. The van der Waals surface area contributed by atoms with E-state index in [4.69, 9.17) is 0 Å². The molecule has 4 nitrogen and oxygen atoms in total. The molecule has 1 aliphatic rings. The maximum Gasteiger partial charge on any atom is 0.270 e. The average molecular weight is 423 g/mol. The van der Waals surface area contributed by atoms with Gasteiger partial charge in [-0.15, -0.1) is 35.1 Å². The molecule has 1 aliphatic heterocycles. The van der Waals surface area contributed by atoms with Crippen LogP contribution in [0.15, 0.2) is 21.3 Å². The lowest BCUT2D eigenvalue weighted by Gasteiger charge is -2.08. The number of thiazole rings is 1. The molecule has 22 heavy (non-hydrogen) atoms. The second-order valence-electron chi connectivity index (χ2n) is 5.05. The van der Waals surface area contributed by atoms with Gasteiger partial charge in [-0.1, -0.05) is 0 Å². The predicted molar refractivity (Wildman–Crippen MR) is 98.3 cm³/mol. The van der Waals surface area contributed by atoms with Crippen molar-refractivity contribution in [2.24, 2.45) is 5.92 Å². The number of hydrogen-bond donors (Lipinski definition) is 2. The number of nitrogens with one attached hydrogen (secondary N) is 2. The first kappa shape index (κ1) is 17.9. The molecule has 1 fully saturated rings. The molecule has 2 aromatic rings. The number of carbonyl (C=O) groups excluding carboxylic acids is 1. The zero-order valence-corrected chi connectivity index (χ0v) is 15.8. The van der Waals surface area contributed by atoms with E-state index in [9.17, 15) is 4.79 Å². The molecular weight excluding hydrogens is 406 g/mol. The van der Waals surface area contributed by atoms with E-state index >= 15 is 0 Å². The topological polar surface area (TPSA) is 54.0 Å². The minimum absolute atomic E-state index is 0. The zero-order valence-electron chi connectivity index (χ0n) is 11.8. The third kappa shape index (κ3) is 4.52. The molecule has 0 spiro atoms. The van der Waals surface area contributed by atoms with Crippen molar-refractivity contribution in [2.75, 3.05) is 19.6 Å². The number of amides is 1. The second-order valence-corrected chi connectivity index (χ2v) is 8.37. The summed E-state index contributed by atoms with van der Waals surface area (Å²) in [4.78, 5) is 17.6. The third-order valence-corrected chi connectivity index (χ3v) is 6.16. The van der Waals surface area contributed by atoms with Crippen molar-refractivity contribution in [3.05, 3.63) is 27.0 Å². The lowest BCUT2D eigenvalue weighted by atomic mass is 10.1. The fourth-order valence-corrected chi connectivity index (χ4v) is 4.62. The molecule has 3 rings (SSSR count). The van der Waals surface area contributed by atoms with Crippen LogP contribution in [-0.4, -0.2) is 30.5 Å². The molecule has 2 N–H and O–H groups in total. The van der Waals surface area contributed by atoms with Crippen molar-refractivity contribution in [2.45, 2.75) is 12.8 Å². The summed E-state index contributed by atoms with van der Waals surface area (Å²) in [5, 5.41) is 9.03. The number of nitrogens with zero attached hydrogens (tertiary/aromatic N) is 1. The summed E-state index contributed by atoms with van der Waals surface area (Å²) in [6.45, 7) is 2.90. The van der Waals surface area contributed by atoms with Gasteiger partial charge in [0.25, 0.3) is 5.91 Å². The van der Waals surface area contributed by atoms with E-state index in [1.807, 2.05) is 17.5 Å². The van der Waals surface area contributed by atoms with Gasteiger partial charge in [-0.25, -0.2) is 4.98 Å². The molecule has 1 unspecified atom stereocenters. The first-order chi connectivity index (χ1) is 10.2. The maximum absolute atomic E-state index is 12.1. The minimum atomic E-state index is -0.0703. The molecule has 2 aromatic heterocycles. The number of aromatic nitrogens is 1. The second kappa shape index (κ2) is 8.40. The van der Waals surface area contributed by atoms with Crippen molar-refractivity contribution in [1.82, 2.24) is 15.6 Å². The Balaban J connectivity index is 0.00000176. The molecule has 0 aliphatic carbocycles. The summed E-state index contributed by atoms with van der Waals surface area (Å²) in [7, 11) is 0. The Kier molecular flexibility index (Phi) is 6.83. The van der Waals surface area contributed by atoms with E-state index in [1.165, 1.54) is 17.8 Å². The lowest BCUT2D eigenvalue weighted by molar-refractivity contribution is 0.0947. The van der Waals surface area contributed by atoms with Gasteiger partial charge in [0, 0.05) is 11.9 Å². The van der Waals surface area contributed by atoms with Gasteiger partial charge >= 0.3 is 0 Å². The van der Waals surface area contributed by atoms with Gasteiger partial charge in [0.1, 0.15) is 10.7 Å². The normalized spacial score (nSPS) is 17.2. The van der Waals surface area contributed by atoms with Gasteiger partial charge in [-0.05, 0) is 59.9 Å². The number of hydrogen-bond acceptors (Lipinski definition) is 5. The average Bonchev–Trinajstić information content (AvgIpc) is 3.19. The highest BCUT2D eigenvalue weighted by Crippen LogP contribution is 2.33. The van der Waals surface area contributed by atoms with Gasteiger partial charge in [0.05, 0.1) is 8.66 Å². The van der Waals surface area contributed by atoms with Gasteiger partial charge in [-0.3, -0.25) is 4.79 Å². The maximum atomic E-state index is 12.1. The summed E-state index contributed by atoms with van der Waals surface area (Å²) in [6.07, 6.45) is 2.25. The SMILES string of the molecule is Cl.O=C(NCCC1CCNC1)c1csc(-c2ccc(Br)s2)n1. The number of thiophene rings is 1. The van der Waals surface area contributed by atoms with Crippen LogP contribution in [0.5, 0.6) is 0 Å². The molecule has 120 valence electrons. The summed E-state index contributed by atoms with van der Waals surface area (Å²) >= 11 is 6.58. The van der Waals surface area contributed by atoms with Crippen molar-refractivity contribution < 1.29 is 4.79 Å². The highest BCUT2D eigenvalue weighted by atomic mass is 79.9. The van der Waals surface area contributed by atoms with Crippen molar-refractivity contribution >= 4 is 56.9 Å². The number of rotatable bonds is 5. The van der Waals surface area contributed by atoms with Gasteiger partial charge < -0.3 is 10.6 Å². The summed E-state index contributed by atoms with van der Waals surface area (Å²) in [5.74, 6) is 0.624. The van der Waals surface area contributed by atoms with Crippen LogP contribution in [0.3, 0.4) is 0 Å². The molecule has 8 heteroatoms. The molecule has 3 heterocycles. The Morgan fingerprint density at radius 3 is 3.05 bits per heavy atom. The Morgan fingerprint density at radius 1 is 1.50 bits per heavy atom. The Bertz CT molecular complexity index is 625. The molecule has 1 atom stereocenters. The van der Waals surface area contributed by atoms with E-state index in [1.54, 1.807) is 11.3 Å². The highest BCUT2D eigenvalue weighted by molar-refractivity contribution is 9.11. The predicted octanol–water partition coefficient (Wildman–Crippen LogP) is 3.79. The first-order valence-electron chi connectivity index (χ1n) is 6.92. The van der Waals surface area contributed by atoms with Crippen LogP contribution in [0, 0.1) is 5.92 Å². The monoisotopic (exact) mass is 421 g/mol. The molecule has 1 amide bonds. The minimum Gasteiger partial charge on any atom is -0.351 e. The molecule has 0 saturated carbocycles. The highest BCUT2D eigenvalue weighted by Gasteiger charge is 2.16. The van der Waals surface area contributed by atoms with Crippen LogP contribution in [0.25, 0.3) is 9.88 Å². The third-order valence-electron chi connectivity index (χ3n) is 3.52. The molecule has 0 aromatic carbocycles. The van der Waals surface area contributed by atoms with E-state index in [0.29, 0.717) is 11.6 Å². The summed E-state index contributed by atoms with van der Waals surface area (Å²) in [6, 6.07) is 4.01. The Labute approximate surface area is 152 Å². The van der Waals surface area contributed by atoms with Crippen LogP contribution in [-0.2, 0) is 0 Å². The largest absolute Gasteiger partial charge is 0.351 e. The van der Waals surface area contributed by atoms with Crippen LogP contribution >= 0.6 is 51.0 Å². The van der Waals surface area contributed by atoms with E-state index in [0.717, 1.165) is 39.7 Å². The van der Waals surface area contributed by atoms with Crippen LogP contribution in [0.1, 0.15) is 23.3 Å². The fourth-order valence-electron chi connectivity index (χ4n) is 2.36. The lowest BCUT2D eigenvalue weighted by Crippen LogP contribution is -2.26. The number of halogens is 2. The van der Waals surface area contributed by atoms with E-state index < -0.39 is 0 Å². The zero-order chi connectivity index (χ0) is 14.7. The summed E-state index contributed by atoms with van der Waals surface area (Å²) in [5.41, 5.74) is 0.518. The quantitative estimate of drug-likeness (QED) is 0.771. The van der Waals surface area contributed by atoms with E-state index in [2.05, 4.69) is 31.5 Å². The first-order valence-corrected chi connectivity index (χ1v) is 9.41.